The molecule has 1 heterocycles. The van der Waals surface area contributed by atoms with Crippen LogP contribution in [0.15, 0.2) is 36.4 Å². The molecule has 2 N–H and O–H groups in total. The second-order valence-corrected chi connectivity index (χ2v) is 4.13. The summed E-state index contributed by atoms with van der Waals surface area (Å²) in [5.41, 5.74) is 8.26. The van der Waals surface area contributed by atoms with E-state index >= 15 is 0 Å². The molecule has 0 aliphatic carbocycles. The fraction of sp³-hybridized carbons (Fsp3) is 0.0909. The normalized spacial score (nSPS) is 10.2. The van der Waals surface area contributed by atoms with Crippen LogP contribution in [0.3, 0.4) is 0 Å². The molecule has 0 unspecified atom stereocenters. The highest BCUT2D eigenvalue weighted by Crippen LogP contribution is 2.31. The molecule has 0 amide bonds. The Balaban J connectivity index is 2.52. The summed E-state index contributed by atoms with van der Waals surface area (Å²) < 4.78 is 0. The Kier molecular flexibility index (Phi) is 2.07. The molecule has 1 aromatic carbocycles. The Morgan fingerprint density at radius 1 is 1.08 bits per heavy atom. The summed E-state index contributed by atoms with van der Waals surface area (Å²) in [5, 5.41) is 0.873. The molecule has 2 rings (SSSR count). The minimum absolute atomic E-state index is 0.873. The second kappa shape index (κ2) is 3.23. The van der Waals surface area contributed by atoms with Crippen LogP contribution in [0.25, 0.3) is 10.4 Å². The third-order valence-corrected chi connectivity index (χ3v) is 2.99. The number of rotatable bonds is 1. The van der Waals surface area contributed by atoms with E-state index in [2.05, 4.69) is 37.3 Å². The largest absolute Gasteiger partial charge is 0.391 e. The summed E-state index contributed by atoms with van der Waals surface area (Å²) in [6.07, 6.45) is 0. The van der Waals surface area contributed by atoms with Gasteiger partial charge >= 0.3 is 0 Å². The van der Waals surface area contributed by atoms with Gasteiger partial charge in [0.1, 0.15) is 0 Å². The molecular formula is C11H11NS. The van der Waals surface area contributed by atoms with Gasteiger partial charge in [-0.25, -0.2) is 0 Å². The minimum atomic E-state index is 0.873. The molecule has 0 saturated carbocycles. The van der Waals surface area contributed by atoms with Gasteiger partial charge in [0.15, 0.2) is 0 Å². The van der Waals surface area contributed by atoms with Gasteiger partial charge in [0, 0.05) is 4.88 Å². The number of thiophene rings is 1. The second-order valence-electron chi connectivity index (χ2n) is 3.02. The summed E-state index contributed by atoms with van der Waals surface area (Å²) in [5.74, 6) is 0. The summed E-state index contributed by atoms with van der Waals surface area (Å²) in [4.78, 5) is 1.25. The van der Waals surface area contributed by atoms with E-state index in [0.717, 1.165) is 5.00 Å². The third-order valence-electron chi connectivity index (χ3n) is 2.04. The lowest BCUT2D eigenvalue weighted by molar-refractivity contribution is 1.48. The third kappa shape index (κ3) is 1.58. The molecule has 1 nitrogen and oxygen atoms in total. The van der Waals surface area contributed by atoms with Crippen LogP contribution >= 0.6 is 11.3 Å². The lowest BCUT2D eigenvalue weighted by atomic mass is 10.1. The molecule has 0 saturated heterocycles. The van der Waals surface area contributed by atoms with Crippen molar-refractivity contribution in [3.63, 3.8) is 0 Å². The van der Waals surface area contributed by atoms with Crippen molar-refractivity contribution in [2.45, 2.75) is 6.92 Å². The van der Waals surface area contributed by atoms with E-state index in [0.29, 0.717) is 0 Å². The first kappa shape index (κ1) is 8.32. The monoisotopic (exact) mass is 189 g/mol. The van der Waals surface area contributed by atoms with Crippen LogP contribution in [0.4, 0.5) is 5.00 Å². The number of hydrogen-bond donors (Lipinski definition) is 1. The van der Waals surface area contributed by atoms with Crippen LogP contribution in [0.1, 0.15) is 5.56 Å². The lowest BCUT2D eigenvalue weighted by Crippen LogP contribution is -1.77. The van der Waals surface area contributed by atoms with Crippen LogP contribution in [0, 0.1) is 6.92 Å². The van der Waals surface area contributed by atoms with Gasteiger partial charge in [-0.1, -0.05) is 24.3 Å². The zero-order valence-electron chi connectivity index (χ0n) is 7.45. The van der Waals surface area contributed by atoms with Gasteiger partial charge in [0.2, 0.25) is 0 Å². The van der Waals surface area contributed by atoms with Gasteiger partial charge in [-0.15, -0.1) is 11.3 Å². The van der Waals surface area contributed by atoms with Gasteiger partial charge < -0.3 is 5.73 Å². The van der Waals surface area contributed by atoms with Crippen LogP contribution in [-0.2, 0) is 0 Å². The molecule has 0 spiro atoms. The van der Waals surface area contributed by atoms with Crippen molar-refractivity contribution in [2.75, 3.05) is 5.73 Å². The van der Waals surface area contributed by atoms with E-state index in [9.17, 15) is 0 Å². The van der Waals surface area contributed by atoms with E-state index in [1.54, 1.807) is 11.3 Å². The maximum absolute atomic E-state index is 5.68. The van der Waals surface area contributed by atoms with E-state index in [4.69, 9.17) is 5.73 Å². The van der Waals surface area contributed by atoms with E-state index < -0.39 is 0 Å². The van der Waals surface area contributed by atoms with Gasteiger partial charge in [-0.3, -0.25) is 0 Å². The van der Waals surface area contributed by atoms with Crippen molar-refractivity contribution in [3.05, 3.63) is 42.0 Å². The first-order chi connectivity index (χ1) is 6.27. The highest BCUT2D eigenvalue weighted by Gasteiger charge is 2.02. The van der Waals surface area contributed by atoms with Crippen molar-refractivity contribution in [3.8, 4) is 10.4 Å². The van der Waals surface area contributed by atoms with Crippen LogP contribution in [0.2, 0.25) is 0 Å². The minimum Gasteiger partial charge on any atom is -0.391 e. The Morgan fingerprint density at radius 3 is 2.46 bits per heavy atom. The average molecular weight is 189 g/mol. The molecule has 1 aromatic heterocycles. The molecule has 66 valence electrons. The zero-order chi connectivity index (χ0) is 9.26. The Morgan fingerprint density at radius 2 is 1.85 bits per heavy atom. The van der Waals surface area contributed by atoms with Crippen LogP contribution in [-0.4, -0.2) is 0 Å². The van der Waals surface area contributed by atoms with E-state index in [-0.39, 0.29) is 0 Å². The molecule has 0 aliphatic heterocycles. The zero-order valence-corrected chi connectivity index (χ0v) is 8.27. The maximum atomic E-state index is 5.68. The number of nitrogens with two attached hydrogens (primary N) is 1. The topological polar surface area (TPSA) is 26.0 Å². The first-order valence-electron chi connectivity index (χ1n) is 4.18. The molecule has 0 aliphatic rings. The fourth-order valence-corrected chi connectivity index (χ4v) is 2.21. The molecular weight excluding hydrogens is 178 g/mol. The summed E-state index contributed by atoms with van der Waals surface area (Å²) in [6, 6.07) is 12.4. The molecule has 2 aromatic rings. The van der Waals surface area contributed by atoms with E-state index in [1.165, 1.54) is 16.0 Å². The molecule has 13 heavy (non-hydrogen) atoms. The summed E-state index contributed by atoms with van der Waals surface area (Å²) in [6.45, 7) is 2.12. The summed E-state index contributed by atoms with van der Waals surface area (Å²) in [7, 11) is 0. The highest BCUT2D eigenvalue weighted by atomic mass is 32.1. The predicted molar refractivity (Wildman–Crippen MR) is 58.9 cm³/mol. The molecule has 0 bridgehead atoms. The fourth-order valence-electron chi connectivity index (χ4n) is 1.35. The van der Waals surface area contributed by atoms with Gasteiger partial charge in [0.25, 0.3) is 0 Å². The van der Waals surface area contributed by atoms with Crippen molar-refractivity contribution in [1.29, 1.82) is 0 Å². The van der Waals surface area contributed by atoms with Crippen LogP contribution in [0.5, 0.6) is 0 Å². The van der Waals surface area contributed by atoms with E-state index in [1.807, 2.05) is 6.07 Å². The first-order valence-corrected chi connectivity index (χ1v) is 5.00. The number of aryl methyl sites for hydroxylation is 1. The average Bonchev–Trinajstić information content (AvgIpc) is 2.53. The standard InChI is InChI=1S/C11H11NS/c1-8-4-2-3-5-9(8)10-6-7-11(12)13-10/h2-7H,12H2,1H3. The lowest BCUT2D eigenvalue weighted by Gasteiger charge is -2.00. The summed E-state index contributed by atoms with van der Waals surface area (Å²) >= 11 is 1.63. The number of hydrogen-bond acceptors (Lipinski definition) is 2. The smallest absolute Gasteiger partial charge is 0.0862 e. The Labute approximate surface area is 81.8 Å². The predicted octanol–water partition coefficient (Wildman–Crippen LogP) is 3.31. The van der Waals surface area contributed by atoms with Gasteiger partial charge in [0.05, 0.1) is 5.00 Å². The van der Waals surface area contributed by atoms with Crippen LogP contribution < -0.4 is 5.73 Å². The quantitative estimate of drug-likeness (QED) is 0.731. The molecule has 0 radical (unpaired) electrons. The molecule has 2 heteroatoms. The van der Waals surface area contributed by atoms with Crippen molar-refractivity contribution in [2.24, 2.45) is 0 Å². The molecule has 0 fully saturated rings. The number of anilines is 1. The van der Waals surface area contributed by atoms with Gasteiger partial charge in [-0.2, -0.15) is 0 Å². The highest BCUT2D eigenvalue weighted by molar-refractivity contribution is 7.19. The Hall–Kier alpha value is -1.28. The SMILES string of the molecule is Cc1ccccc1-c1ccc(N)s1. The number of nitrogen functional groups attached to an aromatic ring is 1. The van der Waals surface area contributed by atoms with Crippen molar-refractivity contribution in [1.82, 2.24) is 0 Å². The Bertz CT molecular complexity index is 418. The maximum Gasteiger partial charge on any atom is 0.0862 e. The number of benzene rings is 1. The van der Waals surface area contributed by atoms with Crippen molar-refractivity contribution >= 4 is 16.3 Å². The molecule has 0 atom stereocenters. The van der Waals surface area contributed by atoms with Crippen molar-refractivity contribution < 1.29 is 0 Å². The van der Waals surface area contributed by atoms with Gasteiger partial charge in [-0.05, 0) is 30.2 Å².